The summed E-state index contributed by atoms with van der Waals surface area (Å²) in [6, 6.07) is 9.98. The molecule has 0 N–H and O–H groups in total. The minimum absolute atomic E-state index is 0.213. The third-order valence-electron chi connectivity index (χ3n) is 2.93. The zero-order valence-electron chi connectivity index (χ0n) is 10.7. The monoisotopic (exact) mass is 259 g/mol. The van der Waals surface area contributed by atoms with Crippen LogP contribution < -0.4 is 0 Å². The van der Waals surface area contributed by atoms with Gasteiger partial charge in [0.15, 0.2) is 0 Å². The Morgan fingerprint density at radius 2 is 1.63 bits per heavy atom. The van der Waals surface area contributed by atoms with Gasteiger partial charge in [-0.25, -0.2) is 0 Å². The SMILES string of the molecule is O=C1C=CC(=O)N1CCCCOCc1ccccc1. The number of hydrogen-bond donors (Lipinski definition) is 0. The molecule has 4 heteroatoms. The van der Waals surface area contributed by atoms with E-state index in [-0.39, 0.29) is 11.8 Å². The van der Waals surface area contributed by atoms with Crippen LogP contribution in [0.25, 0.3) is 0 Å². The van der Waals surface area contributed by atoms with Crippen LogP contribution in [0.1, 0.15) is 18.4 Å². The first-order valence-corrected chi connectivity index (χ1v) is 6.42. The average molecular weight is 259 g/mol. The van der Waals surface area contributed by atoms with Gasteiger partial charge in [-0.1, -0.05) is 30.3 Å². The smallest absolute Gasteiger partial charge is 0.253 e. The Kier molecular flexibility index (Phi) is 4.86. The molecule has 0 saturated carbocycles. The Labute approximate surface area is 112 Å². The lowest BCUT2D eigenvalue weighted by atomic mass is 10.2. The highest BCUT2D eigenvalue weighted by Gasteiger charge is 2.21. The van der Waals surface area contributed by atoms with Crippen molar-refractivity contribution in [3.8, 4) is 0 Å². The Balaban J connectivity index is 1.56. The first-order chi connectivity index (χ1) is 9.27. The minimum Gasteiger partial charge on any atom is -0.377 e. The highest BCUT2D eigenvalue weighted by atomic mass is 16.5. The molecule has 0 unspecified atom stereocenters. The van der Waals surface area contributed by atoms with Gasteiger partial charge in [0.05, 0.1) is 6.61 Å². The van der Waals surface area contributed by atoms with Gasteiger partial charge in [0.1, 0.15) is 0 Å². The Morgan fingerprint density at radius 3 is 2.32 bits per heavy atom. The molecular weight excluding hydrogens is 242 g/mol. The summed E-state index contributed by atoms with van der Waals surface area (Å²) in [7, 11) is 0. The fraction of sp³-hybridized carbons (Fsp3) is 0.333. The normalized spacial score (nSPS) is 14.4. The molecule has 0 fully saturated rings. The Hall–Kier alpha value is -1.94. The molecule has 0 saturated heterocycles. The highest BCUT2D eigenvalue weighted by molar-refractivity contribution is 6.12. The van der Waals surface area contributed by atoms with Gasteiger partial charge in [-0.05, 0) is 18.4 Å². The van der Waals surface area contributed by atoms with E-state index < -0.39 is 0 Å². The molecule has 1 aliphatic heterocycles. The number of imide groups is 1. The lowest BCUT2D eigenvalue weighted by Gasteiger charge is -2.13. The highest BCUT2D eigenvalue weighted by Crippen LogP contribution is 2.06. The molecule has 0 bridgehead atoms. The molecule has 1 heterocycles. The third-order valence-corrected chi connectivity index (χ3v) is 2.93. The van der Waals surface area contributed by atoms with Gasteiger partial charge < -0.3 is 4.74 Å². The summed E-state index contributed by atoms with van der Waals surface area (Å²) in [6.45, 7) is 1.71. The van der Waals surface area contributed by atoms with E-state index in [1.54, 1.807) is 0 Å². The van der Waals surface area contributed by atoms with Crippen molar-refractivity contribution in [3.05, 3.63) is 48.0 Å². The van der Waals surface area contributed by atoms with Gasteiger partial charge in [-0.15, -0.1) is 0 Å². The van der Waals surface area contributed by atoms with Gasteiger partial charge >= 0.3 is 0 Å². The summed E-state index contributed by atoms with van der Waals surface area (Å²) < 4.78 is 5.53. The van der Waals surface area contributed by atoms with Crippen LogP contribution in [-0.2, 0) is 20.9 Å². The average Bonchev–Trinajstić information content (AvgIpc) is 2.75. The number of rotatable bonds is 7. The summed E-state index contributed by atoms with van der Waals surface area (Å²) >= 11 is 0. The van der Waals surface area contributed by atoms with Crippen LogP contribution in [0.4, 0.5) is 0 Å². The number of ether oxygens (including phenoxy) is 1. The van der Waals surface area contributed by atoms with Crippen LogP contribution in [0.3, 0.4) is 0 Å². The number of benzene rings is 1. The predicted octanol–water partition coefficient (Wildman–Crippen LogP) is 1.91. The number of hydrogen-bond acceptors (Lipinski definition) is 3. The van der Waals surface area contributed by atoms with Crippen molar-refractivity contribution in [2.45, 2.75) is 19.4 Å². The van der Waals surface area contributed by atoms with E-state index in [0.29, 0.717) is 19.8 Å². The molecule has 1 aromatic rings. The van der Waals surface area contributed by atoms with Crippen molar-refractivity contribution in [2.24, 2.45) is 0 Å². The molecule has 1 aromatic carbocycles. The molecule has 4 nitrogen and oxygen atoms in total. The van der Waals surface area contributed by atoms with Crippen molar-refractivity contribution in [1.82, 2.24) is 4.90 Å². The molecule has 19 heavy (non-hydrogen) atoms. The number of amides is 2. The summed E-state index contributed by atoms with van der Waals surface area (Å²) in [4.78, 5) is 23.8. The van der Waals surface area contributed by atoms with Crippen LogP contribution in [0, 0.1) is 0 Å². The Bertz CT molecular complexity index is 450. The van der Waals surface area contributed by atoms with Crippen molar-refractivity contribution >= 4 is 11.8 Å². The first-order valence-electron chi connectivity index (χ1n) is 6.42. The van der Waals surface area contributed by atoms with Crippen molar-refractivity contribution < 1.29 is 14.3 Å². The maximum atomic E-state index is 11.3. The third kappa shape index (κ3) is 4.03. The van der Waals surface area contributed by atoms with E-state index >= 15 is 0 Å². The number of carbonyl (C=O) groups is 2. The van der Waals surface area contributed by atoms with Gasteiger partial charge in [-0.2, -0.15) is 0 Å². The lowest BCUT2D eigenvalue weighted by molar-refractivity contribution is -0.136. The van der Waals surface area contributed by atoms with Crippen LogP contribution >= 0.6 is 0 Å². The maximum absolute atomic E-state index is 11.3. The van der Waals surface area contributed by atoms with Gasteiger partial charge in [0, 0.05) is 25.3 Å². The standard InChI is InChI=1S/C15H17NO3/c17-14-8-9-15(18)16(14)10-4-5-11-19-12-13-6-2-1-3-7-13/h1-3,6-9H,4-5,10-12H2. The minimum atomic E-state index is -0.213. The first kappa shape index (κ1) is 13.5. The fourth-order valence-electron chi connectivity index (χ4n) is 1.89. The van der Waals surface area contributed by atoms with E-state index in [1.807, 2.05) is 30.3 Å². The molecule has 2 amide bonds. The van der Waals surface area contributed by atoms with Crippen LogP contribution in [-0.4, -0.2) is 29.9 Å². The molecule has 0 aliphatic carbocycles. The van der Waals surface area contributed by atoms with E-state index in [1.165, 1.54) is 17.1 Å². The molecule has 0 aromatic heterocycles. The van der Waals surface area contributed by atoms with E-state index in [9.17, 15) is 9.59 Å². The van der Waals surface area contributed by atoms with Crippen molar-refractivity contribution in [1.29, 1.82) is 0 Å². The number of unbranched alkanes of at least 4 members (excludes halogenated alkanes) is 1. The molecular formula is C15H17NO3. The molecule has 0 atom stereocenters. The second-order valence-corrected chi connectivity index (χ2v) is 4.41. The zero-order valence-corrected chi connectivity index (χ0v) is 10.7. The van der Waals surface area contributed by atoms with Crippen LogP contribution in [0.5, 0.6) is 0 Å². The van der Waals surface area contributed by atoms with Gasteiger partial charge in [-0.3, -0.25) is 14.5 Å². The number of carbonyl (C=O) groups excluding carboxylic acids is 2. The molecule has 0 radical (unpaired) electrons. The van der Waals surface area contributed by atoms with Gasteiger partial charge in [0.25, 0.3) is 11.8 Å². The van der Waals surface area contributed by atoms with Gasteiger partial charge in [0.2, 0.25) is 0 Å². The Morgan fingerprint density at radius 1 is 0.947 bits per heavy atom. The van der Waals surface area contributed by atoms with Crippen LogP contribution in [0.15, 0.2) is 42.5 Å². The molecule has 1 aliphatic rings. The molecule has 2 rings (SSSR count). The van der Waals surface area contributed by atoms with E-state index in [0.717, 1.165) is 18.4 Å². The van der Waals surface area contributed by atoms with E-state index in [4.69, 9.17) is 4.74 Å². The second-order valence-electron chi connectivity index (χ2n) is 4.41. The summed E-state index contributed by atoms with van der Waals surface area (Å²) in [5.41, 5.74) is 1.15. The largest absolute Gasteiger partial charge is 0.377 e. The second kappa shape index (κ2) is 6.85. The van der Waals surface area contributed by atoms with E-state index in [2.05, 4.69) is 0 Å². The molecule has 100 valence electrons. The molecule has 0 spiro atoms. The fourth-order valence-corrected chi connectivity index (χ4v) is 1.89. The quantitative estimate of drug-likeness (QED) is 0.555. The summed E-state index contributed by atoms with van der Waals surface area (Å²) in [5, 5.41) is 0. The predicted molar refractivity (Wildman–Crippen MR) is 71.2 cm³/mol. The maximum Gasteiger partial charge on any atom is 0.253 e. The van der Waals surface area contributed by atoms with Crippen LogP contribution in [0.2, 0.25) is 0 Å². The lowest BCUT2D eigenvalue weighted by Crippen LogP contribution is -2.30. The zero-order chi connectivity index (χ0) is 13.5. The van der Waals surface area contributed by atoms with Crippen molar-refractivity contribution in [2.75, 3.05) is 13.2 Å². The number of nitrogens with zero attached hydrogens (tertiary/aromatic N) is 1. The summed E-state index contributed by atoms with van der Waals surface area (Å²) in [6.07, 6.45) is 4.24. The topological polar surface area (TPSA) is 46.6 Å². The van der Waals surface area contributed by atoms with Crippen molar-refractivity contribution in [3.63, 3.8) is 0 Å². The summed E-state index contributed by atoms with van der Waals surface area (Å²) in [5.74, 6) is -0.426.